The van der Waals surface area contributed by atoms with E-state index in [1.54, 1.807) is 0 Å². The summed E-state index contributed by atoms with van der Waals surface area (Å²) in [6.07, 6.45) is -1.22. The molecule has 0 bridgehead atoms. The van der Waals surface area contributed by atoms with Crippen molar-refractivity contribution in [1.29, 1.82) is 0 Å². The van der Waals surface area contributed by atoms with Crippen LogP contribution in [0.4, 0.5) is 10.1 Å². The molecule has 2 N–H and O–H groups in total. The van der Waals surface area contributed by atoms with E-state index < -0.39 is 23.8 Å². The van der Waals surface area contributed by atoms with Gasteiger partial charge in [0.05, 0.1) is 12.8 Å². The maximum Gasteiger partial charge on any atom is 0.342 e. The van der Waals surface area contributed by atoms with Gasteiger partial charge in [-0.15, -0.1) is 0 Å². The van der Waals surface area contributed by atoms with Gasteiger partial charge in [-0.25, -0.2) is 9.18 Å². The Morgan fingerprint density at radius 2 is 1.96 bits per heavy atom. The highest BCUT2D eigenvalue weighted by Crippen LogP contribution is 2.24. The van der Waals surface area contributed by atoms with Crippen LogP contribution in [0.1, 0.15) is 17.3 Å². The van der Waals surface area contributed by atoms with E-state index in [2.05, 4.69) is 5.32 Å². The zero-order chi connectivity index (χ0) is 18.6. The molecule has 0 saturated carbocycles. The zero-order valence-electron chi connectivity index (χ0n) is 13.4. The Bertz CT molecular complexity index is 812. The molecule has 2 rings (SSSR count). The van der Waals surface area contributed by atoms with E-state index in [9.17, 15) is 19.1 Å². The van der Waals surface area contributed by atoms with Gasteiger partial charge in [-0.2, -0.15) is 0 Å². The number of hydrogen-bond donors (Lipinski definition) is 2. The second-order valence-corrected chi connectivity index (χ2v) is 5.48. The summed E-state index contributed by atoms with van der Waals surface area (Å²) in [5.74, 6) is -2.34. The maximum absolute atomic E-state index is 13.7. The van der Waals surface area contributed by atoms with Crippen molar-refractivity contribution >= 4 is 29.2 Å². The molecule has 0 fully saturated rings. The summed E-state index contributed by atoms with van der Waals surface area (Å²) in [4.78, 5) is 24.1. The van der Waals surface area contributed by atoms with Gasteiger partial charge in [0.2, 0.25) is 0 Å². The normalized spacial score (nSPS) is 11.5. The molecule has 2 aromatic rings. The molecule has 0 aliphatic carbocycles. The van der Waals surface area contributed by atoms with Crippen molar-refractivity contribution < 1.29 is 28.6 Å². The molecule has 2 aromatic carbocycles. The number of methoxy groups -OCH3 is 1. The molecule has 1 amide bonds. The number of hydrogen-bond acceptors (Lipinski definition) is 5. The summed E-state index contributed by atoms with van der Waals surface area (Å²) in [5.41, 5.74) is -0.220. The van der Waals surface area contributed by atoms with Crippen molar-refractivity contribution in [2.45, 2.75) is 13.0 Å². The highest BCUT2D eigenvalue weighted by molar-refractivity contribution is 6.30. The number of halogens is 2. The molecule has 0 aromatic heterocycles. The van der Waals surface area contributed by atoms with E-state index >= 15 is 0 Å². The third-order valence-corrected chi connectivity index (χ3v) is 3.50. The number of amides is 1. The van der Waals surface area contributed by atoms with Gasteiger partial charge in [0.15, 0.2) is 6.10 Å². The first kappa shape index (κ1) is 18.5. The second-order valence-electron chi connectivity index (χ2n) is 5.04. The summed E-state index contributed by atoms with van der Waals surface area (Å²) < 4.78 is 23.6. The lowest BCUT2D eigenvalue weighted by atomic mass is 10.2. The van der Waals surface area contributed by atoms with E-state index in [1.807, 2.05) is 0 Å². The fourth-order valence-corrected chi connectivity index (χ4v) is 2.07. The first-order valence-corrected chi connectivity index (χ1v) is 7.53. The number of phenols is 1. The molecule has 0 radical (unpaired) electrons. The number of benzene rings is 2. The Kier molecular flexibility index (Phi) is 5.82. The third kappa shape index (κ3) is 4.60. The monoisotopic (exact) mass is 367 g/mol. The highest BCUT2D eigenvalue weighted by atomic mass is 35.5. The van der Waals surface area contributed by atoms with Crippen LogP contribution in [-0.4, -0.2) is 30.2 Å². The fourth-order valence-electron chi connectivity index (χ4n) is 1.91. The molecule has 0 aliphatic rings. The molecule has 0 spiro atoms. The number of phenolic OH excluding ortho intramolecular Hbond substituents is 1. The second kappa shape index (κ2) is 7.85. The van der Waals surface area contributed by atoms with Gasteiger partial charge in [0.1, 0.15) is 22.9 Å². The minimum atomic E-state index is -1.22. The van der Waals surface area contributed by atoms with Crippen LogP contribution in [-0.2, 0) is 9.53 Å². The quantitative estimate of drug-likeness (QED) is 0.791. The van der Waals surface area contributed by atoms with Crippen LogP contribution in [0.5, 0.6) is 11.5 Å². The predicted octanol–water partition coefficient (Wildman–Crippen LogP) is 3.38. The topological polar surface area (TPSA) is 84.9 Å². The van der Waals surface area contributed by atoms with Crippen molar-refractivity contribution in [3.63, 3.8) is 0 Å². The van der Waals surface area contributed by atoms with Crippen LogP contribution >= 0.6 is 11.6 Å². The van der Waals surface area contributed by atoms with Gasteiger partial charge in [0.25, 0.3) is 5.91 Å². The molecule has 8 heteroatoms. The van der Waals surface area contributed by atoms with Gasteiger partial charge in [-0.05, 0) is 37.3 Å². The third-order valence-electron chi connectivity index (χ3n) is 3.27. The standard InChI is InChI=1S/C17H15ClFNO5/c1-9(16(22)20-14-6-3-10(18)7-13(14)19)25-17(23)12-5-4-11(24-2)8-15(12)21/h3-9,21H,1-2H3,(H,20,22)/t9-/m1/s1. The van der Waals surface area contributed by atoms with Gasteiger partial charge in [-0.1, -0.05) is 11.6 Å². The van der Waals surface area contributed by atoms with Gasteiger partial charge < -0.3 is 19.9 Å². The Balaban J connectivity index is 2.04. The van der Waals surface area contributed by atoms with E-state index in [4.69, 9.17) is 21.1 Å². The van der Waals surface area contributed by atoms with Crippen LogP contribution in [0, 0.1) is 5.82 Å². The molecule has 1 atom stereocenters. The minimum absolute atomic E-state index is 0.0930. The lowest BCUT2D eigenvalue weighted by Gasteiger charge is -2.14. The van der Waals surface area contributed by atoms with Crippen molar-refractivity contribution in [3.8, 4) is 11.5 Å². The number of ether oxygens (including phenoxy) is 2. The molecular weight excluding hydrogens is 353 g/mol. The lowest BCUT2D eigenvalue weighted by Crippen LogP contribution is -2.30. The average molecular weight is 368 g/mol. The molecule has 132 valence electrons. The Morgan fingerprint density at radius 1 is 1.24 bits per heavy atom. The van der Waals surface area contributed by atoms with Gasteiger partial charge >= 0.3 is 5.97 Å². The molecule has 0 heterocycles. The zero-order valence-corrected chi connectivity index (χ0v) is 14.1. The number of carbonyl (C=O) groups excluding carboxylic acids is 2. The van der Waals surface area contributed by atoms with Crippen molar-refractivity contribution in [2.24, 2.45) is 0 Å². The lowest BCUT2D eigenvalue weighted by molar-refractivity contribution is -0.123. The number of carbonyl (C=O) groups is 2. The Labute approximate surface area is 148 Å². The van der Waals surface area contributed by atoms with Crippen LogP contribution in [0.3, 0.4) is 0 Å². The number of rotatable bonds is 5. The van der Waals surface area contributed by atoms with Crippen LogP contribution in [0.15, 0.2) is 36.4 Å². The number of aromatic hydroxyl groups is 1. The fraction of sp³-hybridized carbons (Fsp3) is 0.176. The Hall–Kier alpha value is -2.80. The van der Waals surface area contributed by atoms with Gasteiger partial charge in [-0.3, -0.25) is 4.79 Å². The summed E-state index contributed by atoms with van der Waals surface area (Å²) in [7, 11) is 1.41. The van der Waals surface area contributed by atoms with Crippen LogP contribution in [0.2, 0.25) is 5.02 Å². The van der Waals surface area contributed by atoms with Crippen molar-refractivity contribution in [3.05, 3.63) is 52.8 Å². The average Bonchev–Trinajstić information content (AvgIpc) is 2.56. The molecule has 0 saturated heterocycles. The highest BCUT2D eigenvalue weighted by Gasteiger charge is 2.22. The summed E-state index contributed by atoms with van der Waals surface area (Å²) in [6, 6.07) is 7.75. The maximum atomic E-state index is 13.7. The SMILES string of the molecule is COc1ccc(C(=O)O[C@H](C)C(=O)Nc2ccc(Cl)cc2F)c(O)c1. The molecule has 6 nitrogen and oxygen atoms in total. The summed E-state index contributed by atoms with van der Waals surface area (Å²) in [6.45, 7) is 1.32. The molecule has 25 heavy (non-hydrogen) atoms. The van der Waals surface area contributed by atoms with E-state index in [0.717, 1.165) is 6.07 Å². The first-order valence-electron chi connectivity index (χ1n) is 7.15. The predicted molar refractivity (Wildman–Crippen MR) is 89.6 cm³/mol. The van der Waals surface area contributed by atoms with Gasteiger partial charge in [0, 0.05) is 11.1 Å². The number of esters is 1. The molecule has 0 unspecified atom stereocenters. The number of anilines is 1. The van der Waals surface area contributed by atoms with Crippen LogP contribution in [0.25, 0.3) is 0 Å². The Morgan fingerprint density at radius 3 is 2.56 bits per heavy atom. The van der Waals surface area contributed by atoms with Crippen LogP contribution < -0.4 is 10.1 Å². The summed E-state index contributed by atoms with van der Waals surface area (Å²) in [5, 5.41) is 12.3. The van der Waals surface area contributed by atoms with E-state index in [1.165, 1.54) is 44.4 Å². The largest absolute Gasteiger partial charge is 0.507 e. The summed E-state index contributed by atoms with van der Waals surface area (Å²) >= 11 is 5.63. The first-order chi connectivity index (χ1) is 11.8. The smallest absolute Gasteiger partial charge is 0.342 e. The van der Waals surface area contributed by atoms with E-state index in [-0.39, 0.29) is 22.0 Å². The molecular formula is C17H15ClFNO5. The minimum Gasteiger partial charge on any atom is -0.507 e. The molecule has 0 aliphatic heterocycles. The van der Waals surface area contributed by atoms with Crippen molar-refractivity contribution in [1.82, 2.24) is 0 Å². The number of nitrogens with one attached hydrogen (secondary N) is 1. The van der Waals surface area contributed by atoms with Crippen molar-refractivity contribution in [2.75, 3.05) is 12.4 Å². The van der Waals surface area contributed by atoms with E-state index in [0.29, 0.717) is 5.75 Å².